The Hall–Kier alpha value is -0.542. The van der Waals surface area contributed by atoms with Crippen molar-refractivity contribution in [1.82, 2.24) is 0 Å². The van der Waals surface area contributed by atoms with Gasteiger partial charge in [0, 0.05) is 29.8 Å². The van der Waals surface area contributed by atoms with Gasteiger partial charge in [-0.3, -0.25) is 0 Å². The Kier molecular flexibility index (Phi) is 12.9. The fourth-order valence-corrected chi connectivity index (χ4v) is 4.81. The van der Waals surface area contributed by atoms with E-state index in [1.54, 1.807) is 0 Å². The molecule has 0 saturated heterocycles. The third-order valence-electron chi connectivity index (χ3n) is 2.54. The molecule has 22 heavy (non-hydrogen) atoms. The first-order valence-electron chi connectivity index (χ1n) is 7.44. The average Bonchev–Trinajstić information content (AvgIpc) is 3.05. The van der Waals surface area contributed by atoms with Crippen molar-refractivity contribution in [3.8, 4) is 0 Å². The molecule has 0 amide bonds. The summed E-state index contributed by atoms with van der Waals surface area (Å²) in [7, 11) is -2.29. The molecule has 0 atom stereocenters. The predicted octanol–water partition coefficient (Wildman–Crippen LogP) is 6.11. The van der Waals surface area contributed by atoms with Crippen molar-refractivity contribution in [1.29, 1.82) is 0 Å². The van der Waals surface area contributed by atoms with Gasteiger partial charge >= 0.3 is 0 Å². The summed E-state index contributed by atoms with van der Waals surface area (Å²) in [6.45, 7) is 18.0. The molecule has 0 radical (unpaired) electrons. The van der Waals surface area contributed by atoms with E-state index in [0.717, 1.165) is 0 Å². The van der Waals surface area contributed by atoms with Crippen LogP contribution in [0.4, 0.5) is 0 Å². The van der Waals surface area contributed by atoms with Crippen molar-refractivity contribution in [2.24, 2.45) is 0 Å². The molecule has 0 bridgehead atoms. The fourth-order valence-electron chi connectivity index (χ4n) is 1.28. The molecule has 2 aromatic carbocycles. The summed E-state index contributed by atoms with van der Waals surface area (Å²) in [5.74, 6) is 0. The van der Waals surface area contributed by atoms with Crippen molar-refractivity contribution in [3.05, 3.63) is 78.5 Å². The van der Waals surface area contributed by atoms with E-state index in [4.69, 9.17) is 0 Å². The molecule has 0 aromatic heterocycles. The third kappa shape index (κ3) is 15.8. The standard InChI is InChI=1S/C9H20Si2.2C5H5.Ti/c1-9(11(5,6)7)8-10(2,3)4;2*1-2-4-5-3-1;/h1H2,2-7H3;2*1-5H;/q-2;-5;-1;. The molecule has 0 heterocycles. The van der Waals surface area contributed by atoms with E-state index in [2.05, 4.69) is 51.9 Å². The summed E-state index contributed by atoms with van der Waals surface area (Å²) in [4.78, 5) is 0. The molecule has 0 spiro atoms. The van der Waals surface area contributed by atoms with Gasteiger partial charge in [0.2, 0.25) is 0 Å². The van der Waals surface area contributed by atoms with Crippen molar-refractivity contribution in [2.75, 3.05) is 0 Å². The molecule has 3 heteroatoms. The van der Waals surface area contributed by atoms with Crippen LogP contribution in [-0.4, -0.2) is 16.1 Å². The molecular formula is C19H30Si2Ti-8. The molecule has 0 saturated carbocycles. The molecule has 0 fully saturated rings. The minimum Gasteiger partial charge on any atom is -0.748 e. The monoisotopic (exact) mass is 362 g/mol. The Morgan fingerprint density at radius 1 is 0.818 bits per heavy atom. The molecule has 126 valence electrons. The Bertz CT molecular complexity index is 394. The van der Waals surface area contributed by atoms with E-state index < -0.39 is 16.1 Å². The van der Waals surface area contributed by atoms with Crippen LogP contribution in [0.5, 0.6) is 0 Å². The van der Waals surface area contributed by atoms with Gasteiger partial charge in [-0.15, -0.1) is 8.07 Å². The Morgan fingerprint density at radius 3 is 1.32 bits per heavy atom. The summed E-state index contributed by atoms with van der Waals surface area (Å²) >= 11 is 0. The summed E-state index contributed by atoms with van der Waals surface area (Å²) in [6.07, 6.45) is 0. The van der Waals surface area contributed by atoms with Gasteiger partial charge in [0.25, 0.3) is 0 Å². The van der Waals surface area contributed by atoms with Crippen molar-refractivity contribution in [3.63, 3.8) is 0 Å². The van der Waals surface area contributed by atoms with Crippen LogP contribution >= 0.6 is 0 Å². The Balaban J connectivity index is 0. The molecule has 2 rings (SSSR count). The van der Waals surface area contributed by atoms with Crippen LogP contribution in [0.2, 0.25) is 39.3 Å². The molecule has 0 aliphatic rings. The quantitative estimate of drug-likeness (QED) is 0.446. The van der Waals surface area contributed by atoms with Crippen LogP contribution in [0.1, 0.15) is 0 Å². The van der Waals surface area contributed by atoms with E-state index in [0.29, 0.717) is 0 Å². The second kappa shape index (κ2) is 12.0. The fraction of sp³-hybridized carbons (Fsp3) is 0.316. The van der Waals surface area contributed by atoms with Crippen LogP contribution in [0.3, 0.4) is 0 Å². The molecule has 0 nitrogen and oxygen atoms in total. The molecule has 0 aliphatic carbocycles. The maximum Gasteiger partial charge on any atom is 0.00870 e. The molecule has 0 unspecified atom stereocenters. The first-order chi connectivity index (χ1) is 9.63. The van der Waals surface area contributed by atoms with E-state index in [-0.39, 0.29) is 21.7 Å². The van der Waals surface area contributed by atoms with Gasteiger partial charge in [0.15, 0.2) is 0 Å². The number of hydrogen-bond donors (Lipinski definition) is 0. The number of hydrogen-bond acceptors (Lipinski definition) is 0. The van der Waals surface area contributed by atoms with Crippen molar-refractivity contribution < 1.29 is 21.7 Å². The van der Waals surface area contributed by atoms with Crippen LogP contribution < -0.4 is 0 Å². The van der Waals surface area contributed by atoms with Crippen molar-refractivity contribution in [2.45, 2.75) is 39.3 Å². The second-order valence-electron chi connectivity index (χ2n) is 7.03. The zero-order valence-electron chi connectivity index (χ0n) is 15.0. The second-order valence-corrected chi connectivity index (χ2v) is 16.9. The minimum absolute atomic E-state index is 0. The van der Waals surface area contributed by atoms with Crippen LogP contribution in [0, 0.1) is 12.6 Å². The third-order valence-corrected chi connectivity index (χ3v) is 5.78. The molecule has 0 aliphatic heterocycles. The summed E-state index contributed by atoms with van der Waals surface area (Å²) in [5, 5.41) is 1.30. The minimum atomic E-state index is -1.14. The zero-order valence-corrected chi connectivity index (χ0v) is 18.5. The van der Waals surface area contributed by atoms with Crippen LogP contribution in [0.15, 0.2) is 65.9 Å². The largest absolute Gasteiger partial charge is 0.748 e. The first kappa shape index (κ1) is 23.7. The maximum absolute atomic E-state index is 4.10. The van der Waals surface area contributed by atoms with Crippen LogP contribution in [-0.2, 0) is 21.7 Å². The van der Waals surface area contributed by atoms with E-state index in [1.165, 1.54) is 5.20 Å². The van der Waals surface area contributed by atoms with Gasteiger partial charge in [-0.2, -0.15) is 18.2 Å². The predicted molar refractivity (Wildman–Crippen MR) is 103 cm³/mol. The van der Waals surface area contributed by atoms with Gasteiger partial charge < -0.3 is 48.2 Å². The van der Waals surface area contributed by atoms with Gasteiger partial charge in [-0.05, 0) is 0 Å². The maximum atomic E-state index is 4.10. The normalized spacial score (nSPS) is 11.3. The van der Waals surface area contributed by atoms with Gasteiger partial charge in [-0.25, -0.2) is 12.1 Å². The van der Waals surface area contributed by atoms with E-state index >= 15 is 0 Å². The Labute approximate surface area is 155 Å². The number of rotatable bonds is 2. The van der Waals surface area contributed by atoms with E-state index in [9.17, 15) is 0 Å². The average molecular weight is 362 g/mol. The Morgan fingerprint density at radius 2 is 1.18 bits per heavy atom. The van der Waals surface area contributed by atoms with Gasteiger partial charge in [-0.1, -0.05) is 39.3 Å². The van der Waals surface area contributed by atoms with Gasteiger partial charge in [0.05, 0.1) is 0 Å². The van der Waals surface area contributed by atoms with Gasteiger partial charge in [0.1, 0.15) is 0 Å². The van der Waals surface area contributed by atoms with Crippen molar-refractivity contribution >= 4 is 16.1 Å². The first-order valence-corrected chi connectivity index (χ1v) is 14.4. The molecular weight excluding hydrogens is 332 g/mol. The topological polar surface area (TPSA) is 0 Å². The molecule has 0 N–H and O–H groups in total. The van der Waals surface area contributed by atoms with E-state index in [1.807, 2.05) is 60.7 Å². The summed E-state index contributed by atoms with van der Waals surface area (Å²) in [6, 6.07) is 20.0. The summed E-state index contributed by atoms with van der Waals surface area (Å²) in [5.41, 5.74) is 3.57. The van der Waals surface area contributed by atoms with Crippen LogP contribution in [0.25, 0.3) is 0 Å². The zero-order chi connectivity index (χ0) is 16.4. The number of allylic oxidation sites excluding steroid dienone is 1. The summed E-state index contributed by atoms with van der Waals surface area (Å²) < 4.78 is 0. The molecule has 2 aromatic rings. The SMILES string of the molecule is [CH2-]C(=[C-][Si](C)(C)C)[Si](C)(C)C.[Ti].[cH-]1[cH-][cH-][cH-][cH-]1.c1cc[cH-]c1. The smallest absolute Gasteiger partial charge is 0.00870 e.